The largest absolute Gasteiger partial charge is 0.435 e. The molecule has 0 unspecified atom stereocenters. The normalized spacial score (nSPS) is 11.7. The van der Waals surface area contributed by atoms with E-state index in [1.54, 1.807) is 13.3 Å². The molecule has 1 amide bonds. The second kappa shape index (κ2) is 3.92. The van der Waals surface area contributed by atoms with Crippen molar-refractivity contribution in [2.45, 2.75) is 19.6 Å². The summed E-state index contributed by atoms with van der Waals surface area (Å²) in [7, 11) is 0. The minimum Gasteiger partial charge on any atom is -0.364 e. The maximum Gasteiger partial charge on any atom is 0.435 e. The molecular formula is C8H9F3N3O. The van der Waals surface area contributed by atoms with Gasteiger partial charge in [-0.2, -0.15) is 18.3 Å². The molecule has 1 aromatic heterocycles. The molecule has 1 aromatic rings. The van der Waals surface area contributed by atoms with Gasteiger partial charge in [0.1, 0.15) is 5.69 Å². The van der Waals surface area contributed by atoms with Crippen molar-refractivity contribution < 1.29 is 18.0 Å². The Hall–Kier alpha value is -1.53. The molecule has 1 radical (unpaired) electrons. The van der Waals surface area contributed by atoms with Crippen LogP contribution < -0.4 is 5.73 Å². The number of rotatable bonds is 3. The van der Waals surface area contributed by atoms with Crippen LogP contribution in [0, 0.1) is 6.42 Å². The van der Waals surface area contributed by atoms with Crippen molar-refractivity contribution in [3.05, 3.63) is 23.9 Å². The van der Waals surface area contributed by atoms with Crippen LogP contribution in [0.15, 0.2) is 6.07 Å². The lowest BCUT2D eigenvalue weighted by molar-refractivity contribution is -0.141. The van der Waals surface area contributed by atoms with Gasteiger partial charge in [0.15, 0.2) is 5.69 Å². The average molecular weight is 220 g/mol. The number of aromatic nitrogens is 2. The van der Waals surface area contributed by atoms with Crippen molar-refractivity contribution in [1.29, 1.82) is 0 Å². The summed E-state index contributed by atoms with van der Waals surface area (Å²) in [6.45, 7) is 1.74. The first-order valence-electron chi connectivity index (χ1n) is 4.09. The molecule has 0 bridgehead atoms. The van der Waals surface area contributed by atoms with E-state index in [1.807, 2.05) is 0 Å². The Morgan fingerprint density at radius 2 is 2.27 bits per heavy atom. The molecule has 7 heteroatoms. The van der Waals surface area contributed by atoms with E-state index in [0.717, 1.165) is 4.68 Å². The van der Waals surface area contributed by atoms with Gasteiger partial charge >= 0.3 is 6.18 Å². The van der Waals surface area contributed by atoms with Crippen molar-refractivity contribution >= 4 is 5.91 Å². The van der Waals surface area contributed by atoms with Crippen molar-refractivity contribution in [3.8, 4) is 0 Å². The molecule has 0 aliphatic carbocycles. The van der Waals surface area contributed by atoms with Crippen molar-refractivity contribution in [2.75, 3.05) is 0 Å². The Balaban J connectivity index is 3.15. The second-order valence-corrected chi connectivity index (χ2v) is 2.87. The zero-order chi connectivity index (χ0) is 11.6. The molecule has 0 aliphatic heterocycles. The molecule has 0 aromatic carbocycles. The Morgan fingerprint density at radius 3 is 2.67 bits per heavy atom. The third-order valence-corrected chi connectivity index (χ3v) is 1.68. The van der Waals surface area contributed by atoms with Gasteiger partial charge in [-0.25, -0.2) is 0 Å². The van der Waals surface area contributed by atoms with Crippen LogP contribution in [0.1, 0.15) is 23.1 Å². The van der Waals surface area contributed by atoms with Gasteiger partial charge in [-0.3, -0.25) is 9.48 Å². The van der Waals surface area contributed by atoms with Gasteiger partial charge in [0.05, 0.1) is 0 Å². The third-order valence-electron chi connectivity index (χ3n) is 1.68. The molecule has 15 heavy (non-hydrogen) atoms. The Kier molecular flexibility index (Phi) is 3.01. The predicted molar refractivity (Wildman–Crippen MR) is 45.7 cm³/mol. The first-order chi connectivity index (χ1) is 6.86. The average Bonchev–Trinajstić information content (AvgIpc) is 2.48. The molecule has 0 spiro atoms. The lowest BCUT2D eigenvalue weighted by atomic mass is 10.3. The minimum absolute atomic E-state index is 0.106. The quantitative estimate of drug-likeness (QED) is 0.832. The highest BCUT2D eigenvalue weighted by Gasteiger charge is 2.35. The van der Waals surface area contributed by atoms with Gasteiger partial charge in [-0.15, -0.1) is 0 Å². The van der Waals surface area contributed by atoms with E-state index in [2.05, 4.69) is 5.10 Å². The van der Waals surface area contributed by atoms with E-state index in [9.17, 15) is 18.0 Å². The second-order valence-electron chi connectivity index (χ2n) is 2.87. The van der Waals surface area contributed by atoms with Crippen molar-refractivity contribution in [1.82, 2.24) is 9.78 Å². The molecule has 83 valence electrons. The number of halogens is 3. The van der Waals surface area contributed by atoms with Crippen LogP contribution in [0.25, 0.3) is 0 Å². The number of hydrogen-bond acceptors (Lipinski definition) is 2. The van der Waals surface area contributed by atoms with Crippen LogP contribution in [-0.4, -0.2) is 15.7 Å². The van der Waals surface area contributed by atoms with E-state index in [1.165, 1.54) is 0 Å². The van der Waals surface area contributed by atoms with Gasteiger partial charge in [-0.05, 0) is 6.42 Å². The monoisotopic (exact) mass is 220 g/mol. The van der Waals surface area contributed by atoms with E-state index >= 15 is 0 Å². The van der Waals surface area contributed by atoms with Crippen LogP contribution in [0.5, 0.6) is 0 Å². The van der Waals surface area contributed by atoms with Crippen LogP contribution in [-0.2, 0) is 12.7 Å². The molecule has 4 nitrogen and oxygen atoms in total. The third kappa shape index (κ3) is 2.48. The molecule has 2 N–H and O–H groups in total. The summed E-state index contributed by atoms with van der Waals surface area (Å²) in [5.41, 5.74) is 3.56. The first-order valence-corrected chi connectivity index (χ1v) is 4.09. The van der Waals surface area contributed by atoms with E-state index < -0.39 is 17.8 Å². The molecular weight excluding hydrogens is 211 g/mol. The zero-order valence-electron chi connectivity index (χ0n) is 7.88. The van der Waals surface area contributed by atoms with Gasteiger partial charge in [-0.1, -0.05) is 6.92 Å². The SMILES string of the molecule is C[CH]Cn1nc(C(F)(F)F)cc1C(N)=O. The number of hydrogen-bond donors (Lipinski definition) is 1. The zero-order valence-corrected chi connectivity index (χ0v) is 7.88. The Labute approximate surface area is 83.9 Å². The highest BCUT2D eigenvalue weighted by Crippen LogP contribution is 2.28. The lowest BCUT2D eigenvalue weighted by Crippen LogP contribution is -2.17. The number of nitrogens with zero attached hydrogens (tertiary/aromatic N) is 2. The smallest absolute Gasteiger partial charge is 0.364 e. The van der Waals surface area contributed by atoms with Gasteiger partial charge < -0.3 is 5.73 Å². The summed E-state index contributed by atoms with van der Waals surface area (Å²) >= 11 is 0. The highest BCUT2D eigenvalue weighted by atomic mass is 19.4. The molecule has 0 atom stereocenters. The topological polar surface area (TPSA) is 60.9 Å². The molecule has 1 rings (SSSR count). The number of alkyl halides is 3. The van der Waals surface area contributed by atoms with Gasteiger partial charge in [0.25, 0.3) is 5.91 Å². The highest BCUT2D eigenvalue weighted by molar-refractivity contribution is 5.91. The number of nitrogens with two attached hydrogens (primary N) is 1. The molecule has 0 fully saturated rings. The molecule has 1 heterocycles. The summed E-state index contributed by atoms with van der Waals surface area (Å²) < 4.78 is 37.7. The fourth-order valence-electron chi connectivity index (χ4n) is 1.07. The van der Waals surface area contributed by atoms with Crippen LogP contribution in [0.4, 0.5) is 13.2 Å². The van der Waals surface area contributed by atoms with Crippen molar-refractivity contribution in [3.63, 3.8) is 0 Å². The number of carbonyl (C=O) groups excluding carboxylic acids is 1. The Bertz CT molecular complexity index is 370. The summed E-state index contributed by atoms with van der Waals surface area (Å²) in [4.78, 5) is 10.8. The van der Waals surface area contributed by atoms with Gasteiger partial charge in [0.2, 0.25) is 0 Å². The summed E-state index contributed by atoms with van der Waals surface area (Å²) in [5, 5.41) is 3.25. The number of carbonyl (C=O) groups is 1. The van der Waals surface area contributed by atoms with Crippen LogP contribution in [0.3, 0.4) is 0 Å². The van der Waals surface area contributed by atoms with Crippen molar-refractivity contribution in [2.24, 2.45) is 5.73 Å². The van der Waals surface area contributed by atoms with E-state index in [4.69, 9.17) is 5.73 Å². The van der Waals surface area contributed by atoms with Crippen LogP contribution >= 0.6 is 0 Å². The fraction of sp³-hybridized carbons (Fsp3) is 0.375. The molecule has 0 aliphatic rings. The molecule has 0 saturated heterocycles. The van der Waals surface area contributed by atoms with Crippen LogP contribution in [0.2, 0.25) is 0 Å². The molecule has 0 saturated carbocycles. The van der Waals surface area contributed by atoms with E-state index in [0.29, 0.717) is 6.07 Å². The number of primary amides is 1. The Morgan fingerprint density at radius 1 is 1.67 bits per heavy atom. The standard InChI is InChI=1S/C8H9F3N3O/c1-2-3-14-5(7(12)15)4-6(13-14)8(9,10)11/h2,4H,3H2,1H3,(H2,12,15). The summed E-state index contributed by atoms with van der Waals surface area (Å²) in [6.07, 6.45) is -3.00. The predicted octanol–water partition coefficient (Wildman–Crippen LogP) is 1.22. The fourth-order valence-corrected chi connectivity index (χ4v) is 1.07. The minimum atomic E-state index is -4.57. The first kappa shape index (κ1) is 11.5. The van der Waals surface area contributed by atoms with Gasteiger partial charge in [0, 0.05) is 12.6 Å². The van der Waals surface area contributed by atoms with E-state index in [-0.39, 0.29) is 12.2 Å². The summed E-state index contributed by atoms with van der Waals surface area (Å²) in [6, 6.07) is 0.645. The lowest BCUT2D eigenvalue weighted by Gasteiger charge is -2.02. The maximum absolute atomic E-state index is 12.2. The number of amides is 1. The summed E-state index contributed by atoms with van der Waals surface area (Å²) in [5.74, 6) is -0.931. The maximum atomic E-state index is 12.2.